The molecule has 2 atom stereocenters. The predicted octanol–water partition coefficient (Wildman–Crippen LogP) is -0.0564. The summed E-state index contributed by atoms with van der Waals surface area (Å²) in [7, 11) is 0. The van der Waals surface area contributed by atoms with Gasteiger partial charge in [0, 0.05) is 25.9 Å². The van der Waals surface area contributed by atoms with Gasteiger partial charge >= 0.3 is 11.9 Å². The molecule has 0 aliphatic rings. The summed E-state index contributed by atoms with van der Waals surface area (Å²) in [6.45, 7) is 0.967. The van der Waals surface area contributed by atoms with Crippen molar-refractivity contribution in [3.05, 3.63) is 0 Å². The maximum absolute atomic E-state index is 11.7. The van der Waals surface area contributed by atoms with Crippen molar-refractivity contribution in [2.45, 2.75) is 76.3 Å². The Labute approximate surface area is 165 Å². The number of hydrogen-bond donors (Lipinski definition) is 6. The Morgan fingerprint density at radius 1 is 0.643 bits per heavy atom. The van der Waals surface area contributed by atoms with E-state index in [4.69, 9.17) is 21.7 Å². The van der Waals surface area contributed by atoms with E-state index in [1.165, 1.54) is 0 Å². The molecule has 10 nitrogen and oxygen atoms in total. The van der Waals surface area contributed by atoms with Gasteiger partial charge in [-0.15, -0.1) is 0 Å². The van der Waals surface area contributed by atoms with Gasteiger partial charge in [0.15, 0.2) is 0 Å². The van der Waals surface area contributed by atoms with E-state index in [-0.39, 0.29) is 11.8 Å². The number of hydrogen-bond acceptors (Lipinski definition) is 6. The van der Waals surface area contributed by atoms with Crippen LogP contribution in [0.1, 0.15) is 64.2 Å². The molecule has 28 heavy (non-hydrogen) atoms. The van der Waals surface area contributed by atoms with Gasteiger partial charge in [-0.25, -0.2) is 0 Å². The average molecular weight is 402 g/mol. The lowest BCUT2D eigenvalue weighted by atomic mass is 10.1. The number of nitrogens with two attached hydrogens (primary N) is 2. The van der Waals surface area contributed by atoms with Gasteiger partial charge in [-0.1, -0.05) is 0 Å². The summed E-state index contributed by atoms with van der Waals surface area (Å²) >= 11 is 0. The van der Waals surface area contributed by atoms with Crippen molar-refractivity contribution in [3.8, 4) is 0 Å². The van der Waals surface area contributed by atoms with Crippen LogP contribution in [0.5, 0.6) is 0 Å². The molecule has 0 saturated carbocycles. The number of nitrogens with one attached hydrogen (secondary N) is 2. The number of amides is 2. The fourth-order valence-corrected chi connectivity index (χ4v) is 2.43. The smallest absolute Gasteiger partial charge is 0.320 e. The van der Waals surface area contributed by atoms with Crippen LogP contribution in [0.4, 0.5) is 0 Å². The largest absolute Gasteiger partial charge is 0.480 e. The fraction of sp³-hybridized carbons (Fsp3) is 0.778. The van der Waals surface area contributed by atoms with Crippen molar-refractivity contribution >= 4 is 23.8 Å². The molecule has 0 radical (unpaired) electrons. The minimum atomic E-state index is -1.02. The molecule has 0 rings (SSSR count). The lowest BCUT2D eigenvalue weighted by Gasteiger charge is -2.08. The summed E-state index contributed by atoms with van der Waals surface area (Å²) in [4.78, 5) is 44.4. The van der Waals surface area contributed by atoms with E-state index in [1.807, 2.05) is 0 Å². The zero-order valence-electron chi connectivity index (χ0n) is 16.3. The first-order chi connectivity index (χ1) is 13.2. The molecule has 0 fully saturated rings. The van der Waals surface area contributed by atoms with Crippen LogP contribution in [-0.4, -0.2) is 59.1 Å². The highest BCUT2D eigenvalue weighted by Crippen LogP contribution is 2.02. The monoisotopic (exact) mass is 402 g/mol. The number of carbonyl (C=O) groups excluding carboxylic acids is 2. The zero-order valence-corrected chi connectivity index (χ0v) is 16.3. The second kappa shape index (κ2) is 15.8. The van der Waals surface area contributed by atoms with Gasteiger partial charge in [-0.05, 0) is 51.4 Å². The lowest BCUT2D eigenvalue weighted by molar-refractivity contribution is -0.139. The van der Waals surface area contributed by atoms with Crippen LogP contribution in [-0.2, 0) is 19.2 Å². The first-order valence-corrected chi connectivity index (χ1v) is 9.74. The van der Waals surface area contributed by atoms with Crippen LogP contribution in [0.25, 0.3) is 0 Å². The van der Waals surface area contributed by atoms with Gasteiger partial charge < -0.3 is 32.3 Å². The highest BCUT2D eigenvalue weighted by molar-refractivity contribution is 5.77. The number of rotatable bonds is 17. The summed E-state index contributed by atoms with van der Waals surface area (Å²) in [5.41, 5.74) is 10.8. The third-order valence-corrected chi connectivity index (χ3v) is 4.22. The molecule has 0 bridgehead atoms. The van der Waals surface area contributed by atoms with Gasteiger partial charge in [-0.3, -0.25) is 19.2 Å². The highest BCUT2D eigenvalue weighted by Gasteiger charge is 2.11. The molecule has 0 spiro atoms. The number of carboxylic acids is 2. The van der Waals surface area contributed by atoms with E-state index in [0.717, 1.165) is 0 Å². The van der Waals surface area contributed by atoms with Crippen LogP contribution in [0.2, 0.25) is 0 Å². The predicted molar refractivity (Wildman–Crippen MR) is 103 cm³/mol. The molecule has 0 aliphatic heterocycles. The van der Waals surface area contributed by atoms with Gasteiger partial charge in [0.05, 0.1) is 0 Å². The molecule has 162 valence electrons. The van der Waals surface area contributed by atoms with Crippen molar-refractivity contribution in [1.82, 2.24) is 10.6 Å². The molecule has 0 aromatic rings. The summed E-state index contributed by atoms with van der Waals surface area (Å²) in [6, 6.07) is -1.71. The Morgan fingerprint density at radius 3 is 1.32 bits per heavy atom. The van der Waals surface area contributed by atoms with E-state index in [9.17, 15) is 19.2 Å². The Balaban J connectivity index is 3.50. The van der Waals surface area contributed by atoms with E-state index in [2.05, 4.69) is 10.6 Å². The van der Waals surface area contributed by atoms with Gasteiger partial charge in [-0.2, -0.15) is 0 Å². The van der Waals surface area contributed by atoms with Gasteiger partial charge in [0.2, 0.25) is 11.8 Å². The number of carboxylic acid groups (broad SMARTS) is 2. The molecular formula is C18H34N4O6. The number of unbranched alkanes of at least 4 members (excludes halogenated alkanes) is 3. The average Bonchev–Trinajstić information content (AvgIpc) is 2.64. The van der Waals surface area contributed by atoms with E-state index in [1.54, 1.807) is 0 Å². The number of aliphatic carboxylic acids is 2. The third kappa shape index (κ3) is 14.9. The topological polar surface area (TPSA) is 185 Å². The summed E-state index contributed by atoms with van der Waals surface area (Å²) < 4.78 is 0. The molecule has 0 aromatic heterocycles. The molecule has 0 heterocycles. The molecule has 0 unspecified atom stereocenters. The fourth-order valence-electron chi connectivity index (χ4n) is 2.43. The summed E-state index contributed by atoms with van der Waals surface area (Å²) in [5.74, 6) is -2.21. The van der Waals surface area contributed by atoms with Crippen LogP contribution in [0.15, 0.2) is 0 Å². The van der Waals surface area contributed by atoms with Gasteiger partial charge in [0.25, 0.3) is 0 Å². The lowest BCUT2D eigenvalue weighted by Crippen LogP contribution is -2.30. The molecule has 0 saturated heterocycles. The van der Waals surface area contributed by atoms with Crippen molar-refractivity contribution < 1.29 is 29.4 Å². The summed E-state index contributed by atoms with van der Waals surface area (Å²) in [6.07, 6.45) is 5.28. The Kier molecular flexibility index (Phi) is 14.6. The Bertz CT molecular complexity index is 456. The third-order valence-electron chi connectivity index (χ3n) is 4.22. The molecule has 2 amide bonds. The SMILES string of the molecule is N[C@H](CCCCNC(=O)CCCCC(=O)NCCCC[C@H](N)C(=O)O)C(=O)O. The molecule has 8 N–H and O–H groups in total. The minimum absolute atomic E-state index is 0.0855. The minimum Gasteiger partial charge on any atom is -0.480 e. The van der Waals surface area contributed by atoms with Crippen LogP contribution >= 0.6 is 0 Å². The zero-order chi connectivity index (χ0) is 21.4. The standard InChI is InChI=1S/C18H34N4O6/c19-13(17(25)26)7-3-5-11-21-15(23)9-1-2-10-16(24)22-12-6-4-8-14(20)18(27)28/h13-14H,1-12,19-20H2,(H,21,23)(H,22,24)(H,25,26)(H,27,28)/t13-,14+. The van der Waals surface area contributed by atoms with Crippen molar-refractivity contribution in [1.29, 1.82) is 0 Å². The number of carbonyl (C=O) groups is 4. The van der Waals surface area contributed by atoms with Crippen LogP contribution in [0.3, 0.4) is 0 Å². The second-order valence-electron chi connectivity index (χ2n) is 6.79. The first-order valence-electron chi connectivity index (χ1n) is 9.74. The van der Waals surface area contributed by atoms with E-state index >= 15 is 0 Å². The highest BCUT2D eigenvalue weighted by atomic mass is 16.4. The van der Waals surface area contributed by atoms with Crippen molar-refractivity contribution in [2.75, 3.05) is 13.1 Å². The normalized spacial score (nSPS) is 12.8. The van der Waals surface area contributed by atoms with Gasteiger partial charge in [0.1, 0.15) is 12.1 Å². The second-order valence-corrected chi connectivity index (χ2v) is 6.79. The van der Waals surface area contributed by atoms with Crippen LogP contribution in [0, 0.1) is 0 Å². The molecular weight excluding hydrogens is 368 g/mol. The summed E-state index contributed by atoms with van der Waals surface area (Å²) in [5, 5.41) is 22.8. The van der Waals surface area contributed by atoms with Crippen molar-refractivity contribution in [2.24, 2.45) is 11.5 Å². The van der Waals surface area contributed by atoms with E-state index < -0.39 is 24.0 Å². The maximum Gasteiger partial charge on any atom is 0.320 e. The Morgan fingerprint density at radius 2 is 1.00 bits per heavy atom. The first kappa shape index (κ1) is 25.8. The van der Waals surface area contributed by atoms with Crippen LogP contribution < -0.4 is 22.1 Å². The quantitative estimate of drug-likeness (QED) is 0.183. The van der Waals surface area contributed by atoms with Crippen molar-refractivity contribution in [3.63, 3.8) is 0 Å². The molecule has 0 aromatic carbocycles. The molecule has 10 heteroatoms. The maximum atomic E-state index is 11.7. The Hall–Kier alpha value is -2.20. The van der Waals surface area contributed by atoms with E-state index in [0.29, 0.717) is 77.3 Å². The molecule has 0 aliphatic carbocycles.